The zero-order valence-electron chi connectivity index (χ0n) is 9.45. The summed E-state index contributed by atoms with van der Waals surface area (Å²) in [7, 11) is 0. The zero-order valence-corrected chi connectivity index (χ0v) is 9.45. The van der Waals surface area contributed by atoms with Gasteiger partial charge < -0.3 is 9.47 Å². The number of aryl methyl sites for hydroxylation is 1. The molecule has 2 rings (SSSR count). The second-order valence-corrected chi connectivity index (χ2v) is 4.41. The molecule has 0 radical (unpaired) electrons. The molecule has 82 valence electrons. The molecule has 1 heterocycles. The second-order valence-electron chi connectivity index (χ2n) is 4.41. The van der Waals surface area contributed by atoms with E-state index in [4.69, 9.17) is 9.47 Å². The van der Waals surface area contributed by atoms with Crippen molar-refractivity contribution in [1.29, 1.82) is 0 Å². The number of hydrogen-bond donors (Lipinski definition) is 0. The van der Waals surface area contributed by atoms with E-state index in [1.807, 2.05) is 13.8 Å². The van der Waals surface area contributed by atoms with Crippen LogP contribution in [0.15, 0.2) is 24.3 Å². The van der Waals surface area contributed by atoms with Crippen molar-refractivity contribution in [2.24, 2.45) is 0 Å². The van der Waals surface area contributed by atoms with Crippen LogP contribution in [-0.4, -0.2) is 12.4 Å². The number of benzene rings is 1. The third kappa shape index (κ3) is 2.80. The summed E-state index contributed by atoms with van der Waals surface area (Å²) < 4.78 is 11.4. The minimum absolute atomic E-state index is 0.461. The third-order valence-corrected chi connectivity index (χ3v) is 2.73. The van der Waals surface area contributed by atoms with Gasteiger partial charge in [0.05, 0.1) is 13.2 Å². The van der Waals surface area contributed by atoms with Crippen LogP contribution in [0.1, 0.15) is 31.4 Å². The van der Waals surface area contributed by atoms with Gasteiger partial charge in [-0.25, -0.2) is 0 Å². The molecule has 0 aliphatic carbocycles. The van der Waals surface area contributed by atoms with E-state index in [0.29, 0.717) is 6.61 Å². The lowest BCUT2D eigenvalue weighted by Gasteiger charge is -2.24. The summed E-state index contributed by atoms with van der Waals surface area (Å²) in [4.78, 5) is 0. The molecule has 1 aliphatic heterocycles. The molecule has 1 aliphatic rings. The predicted octanol–water partition coefficient (Wildman–Crippen LogP) is 2.90. The van der Waals surface area contributed by atoms with Gasteiger partial charge in [-0.15, -0.1) is 0 Å². The first-order valence-electron chi connectivity index (χ1n) is 5.52. The molecular formula is C13H18O2. The Morgan fingerprint density at radius 2 is 1.80 bits per heavy atom. The highest BCUT2D eigenvalue weighted by Gasteiger charge is 2.20. The van der Waals surface area contributed by atoms with Gasteiger partial charge in [0.2, 0.25) is 0 Å². The fraction of sp³-hybridized carbons (Fsp3) is 0.538. The molecule has 0 spiro atoms. The van der Waals surface area contributed by atoms with Gasteiger partial charge in [0, 0.05) is 0 Å². The molecule has 0 N–H and O–H groups in total. The molecule has 1 aromatic rings. The quantitative estimate of drug-likeness (QED) is 0.649. The fourth-order valence-electron chi connectivity index (χ4n) is 1.82. The molecule has 0 saturated carbocycles. The Bertz CT molecular complexity index is 331. The molecule has 0 unspecified atom stereocenters. The molecule has 0 bridgehead atoms. The van der Waals surface area contributed by atoms with Gasteiger partial charge >= 0.3 is 0 Å². The molecule has 0 amide bonds. The van der Waals surface area contributed by atoms with Gasteiger partial charge in [-0.1, -0.05) is 24.3 Å². The van der Waals surface area contributed by atoms with Crippen molar-refractivity contribution in [3.8, 4) is 0 Å². The van der Waals surface area contributed by atoms with E-state index in [-0.39, 0.29) is 0 Å². The largest absolute Gasteiger partial charge is 0.351 e. The lowest BCUT2D eigenvalue weighted by atomic mass is 10.0. The van der Waals surface area contributed by atoms with E-state index < -0.39 is 5.79 Å². The van der Waals surface area contributed by atoms with Gasteiger partial charge in [-0.05, 0) is 37.8 Å². The molecule has 0 aromatic heterocycles. The van der Waals surface area contributed by atoms with E-state index in [1.165, 1.54) is 11.1 Å². The van der Waals surface area contributed by atoms with Gasteiger partial charge in [0.25, 0.3) is 0 Å². The van der Waals surface area contributed by atoms with Crippen LogP contribution in [-0.2, 0) is 22.5 Å². The summed E-state index contributed by atoms with van der Waals surface area (Å²) in [5.74, 6) is -0.461. The van der Waals surface area contributed by atoms with Crippen LogP contribution in [0.25, 0.3) is 0 Å². The SMILES string of the molecule is CC1(C)OCCCc2ccccc2CO1. The molecule has 15 heavy (non-hydrogen) atoms. The van der Waals surface area contributed by atoms with E-state index in [2.05, 4.69) is 24.3 Å². The predicted molar refractivity (Wildman–Crippen MR) is 59.6 cm³/mol. The van der Waals surface area contributed by atoms with Crippen LogP contribution in [0.3, 0.4) is 0 Å². The van der Waals surface area contributed by atoms with Gasteiger partial charge in [-0.3, -0.25) is 0 Å². The van der Waals surface area contributed by atoms with Gasteiger partial charge in [0.1, 0.15) is 0 Å². The molecule has 2 nitrogen and oxygen atoms in total. The number of ether oxygens (including phenoxy) is 2. The average Bonchev–Trinajstić information content (AvgIpc) is 2.29. The van der Waals surface area contributed by atoms with Crippen molar-refractivity contribution in [2.45, 2.75) is 39.1 Å². The van der Waals surface area contributed by atoms with Crippen LogP contribution in [0, 0.1) is 0 Å². The van der Waals surface area contributed by atoms with Crippen LogP contribution < -0.4 is 0 Å². The normalized spacial score (nSPS) is 20.9. The first kappa shape index (κ1) is 10.7. The summed E-state index contributed by atoms with van der Waals surface area (Å²) in [6.45, 7) is 5.35. The Morgan fingerprint density at radius 1 is 1.07 bits per heavy atom. The first-order valence-corrected chi connectivity index (χ1v) is 5.52. The minimum Gasteiger partial charge on any atom is -0.351 e. The summed E-state index contributed by atoms with van der Waals surface area (Å²) in [5, 5.41) is 0. The average molecular weight is 206 g/mol. The molecule has 0 fully saturated rings. The molecular weight excluding hydrogens is 188 g/mol. The summed E-state index contributed by atoms with van der Waals surface area (Å²) >= 11 is 0. The van der Waals surface area contributed by atoms with Crippen molar-refractivity contribution in [3.63, 3.8) is 0 Å². The monoisotopic (exact) mass is 206 g/mol. The zero-order chi connectivity index (χ0) is 10.7. The fourth-order valence-corrected chi connectivity index (χ4v) is 1.82. The summed E-state index contributed by atoms with van der Waals surface area (Å²) in [5.41, 5.74) is 2.68. The van der Waals surface area contributed by atoms with E-state index in [0.717, 1.165) is 19.4 Å². The highest BCUT2D eigenvalue weighted by molar-refractivity contribution is 5.26. The summed E-state index contributed by atoms with van der Waals surface area (Å²) in [6.07, 6.45) is 2.14. The Morgan fingerprint density at radius 3 is 2.60 bits per heavy atom. The van der Waals surface area contributed by atoms with Crippen molar-refractivity contribution in [2.75, 3.05) is 6.61 Å². The smallest absolute Gasteiger partial charge is 0.163 e. The maximum Gasteiger partial charge on any atom is 0.163 e. The highest BCUT2D eigenvalue weighted by Crippen LogP contribution is 2.20. The first-order chi connectivity index (χ1) is 7.17. The van der Waals surface area contributed by atoms with Crippen LogP contribution in [0.5, 0.6) is 0 Å². The molecule has 0 atom stereocenters. The van der Waals surface area contributed by atoms with Crippen LogP contribution in [0.4, 0.5) is 0 Å². The van der Waals surface area contributed by atoms with E-state index in [9.17, 15) is 0 Å². The van der Waals surface area contributed by atoms with Gasteiger partial charge in [-0.2, -0.15) is 0 Å². The Labute approximate surface area is 91.2 Å². The van der Waals surface area contributed by atoms with Crippen LogP contribution in [0.2, 0.25) is 0 Å². The van der Waals surface area contributed by atoms with Crippen LogP contribution >= 0.6 is 0 Å². The maximum atomic E-state index is 5.75. The van der Waals surface area contributed by atoms with Gasteiger partial charge in [0.15, 0.2) is 5.79 Å². The highest BCUT2D eigenvalue weighted by atomic mass is 16.7. The Kier molecular flexibility index (Phi) is 3.08. The third-order valence-electron chi connectivity index (χ3n) is 2.73. The van der Waals surface area contributed by atoms with E-state index in [1.54, 1.807) is 0 Å². The Hall–Kier alpha value is -0.860. The second kappa shape index (κ2) is 4.33. The summed E-state index contributed by atoms with van der Waals surface area (Å²) in [6, 6.07) is 8.46. The van der Waals surface area contributed by atoms with E-state index >= 15 is 0 Å². The standard InChI is InChI=1S/C13H18O2/c1-13(2)14-9-5-8-11-6-3-4-7-12(11)10-15-13/h3-4,6-7H,5,8-10H2,1-2H3. The molecule has 0 saturated heterocycles. The maximum absolute atomic E-state index is 5.75. The number of hydrogen-bond acceptors (Lipinski definition) is 2. The van der Waals surface area contributed by atoms with Crippen molar-refractivity contribution < 1.29 is 9.47 Å². The van der Waals surface area contributed by atoms with Crippen molar-refractivity contribution in [1.82, 2.24) is 0 Å². The number of rotatable bonds is 0. The van der Waals surface area contributed by atoms with Crippen molar-refractivity contribution >= 4 is 0 Å². The molecule has 1 aromatic carbocycles. The minimum atomic E-state index is -0.461. The topological polar surface area (TPSA) is 18.5 Å². The Balaban J connectivity index is 2.19. The number of fused-ring (bicyclic) bond motifs is 1. The lowest BCUT2D eigenvalue weighted by Crippen LogP contribution is -2.28. The lowest BCUT2D eigenvalue weighted by molar-refractivity contribution is -0.219. The molecule has 2 heteroatoms. The van der Waals surface area contributed by atoms with Crippen molar-refractivity contribution in [3.05, 3.63) is 35.4 Å².